The number of anilines is 1. The van der Waals surface area contributed by atoms with Gasteiger partial charge >= 0.3 is 0 Å². The summed E-state index contributed by atoms with van der Waals surface area (Å²) in [6.07, 6.45) is 1.83. The molecule has 0 aliphatic rings. The fourth-order valence-corrected chi connectivity index (χ4v) is 1.72. The van der Waals surface area contributed by atoms with E-state index in [4.69, 9.17) is 0 Å². The lowest BCUT2D eigenvalue weighted by molar-refractivity contribution is 0.365. The number of nitrogens with one attached hydrogen (secondary N) is 1. The van der Waals surface area contributed by atoms with E-state index in [0.29, 0.717) is 12.1 Å². The second-order valence-corrected chi connectivity index (χ2v) is 4.10. The number of phenols is 3. The summed E-state index contributed by atoms with van der Waals surface area (Å²) in [5.41, 5.74) is 2.19. The molecule has 0 spiro atoms. The molecule has 1 heterocycles. The van der Waals surface area contributed by atoms with Crippen molar-refractivity contribution in [2.45, 2.75) is 13.5 Å². The van der Waals surface area contributed by atoms with Gasteiger partial charge < -0.3 is 20.6 Å². The number of aromatic nitrogens is 2. The summed E-state index contributed by atoms with van der Waals surface area (Å²) in [6.45, 7) is 2.20. The summed E-state index contributed by atoms with van der Waals surface area (Å²) >= 11 is 0. The predicted octanol–water partition coefficient (Wildman–Crippen LogP) is 1.46. The Balaban J connectivity index is 2.16. The van der Waals surface area contributed by atoms with Gasteiger partial charge in [-0.2, -0.15) is 5.10 Å². The van der Waals surface area contributed by atoms with E-state index in [1.54, 1.807) is 10.7 Å². The normalized spacial score (nSPS) is 10.6. The molecular weight excluding hydrogens is 234 g/mol. The molecule has 0 bridgehead atoms. The van der Waals surface area contributed by atoms with Gasteiger partial charge in [-0.15, -0.1) is 0 Å². The van der Waals surface area contributed by atoms with Crippen LogP contribution in [0.15, 0.2) is 18.3 Å². The molecule has 2 rings (SSSR count). The van der Waals surface area contributed by atoms with Crippen LogP contribution in [-0.2, 0) is 13.6 Å². The van der Waals surface area contributed by atoms with Crippen molar-refractivity contribution in [1.82, 2.24) is 9.78 Å². The standard InChI is InChI=1S/C12H15N3O3/c1-7-9(6-15(2)14-7)13-5-8-3-4-10(16)12(18)11(8)17/h3-4,6,13,16-18H,5H2,1-2H3. The highest BCUT2D eigenvalue weighted by atomic mass is 16.3. The van der Waals surface area contributed by atoms with Crippen LogP contribution in [0.25, 0.3) is 0 Å². The second-order valence-electron chi connectivity index (χ2n) is 4.10. The monoisotopic (exact) mass is 249 g/mol. The molecule has 4 N–H and O–H groups in total. The molecule has 0 aliphatic carbocycles. The quantitative estimate of drug-likeness (QED) is 0.618. The molecule has 0 saturated carbocycles. The Morgan fingerprint density at radius 3 is 2.56 bits per heavy atom. The number of aromatic hydroxyl groups is 3. The summed E-state index contributed by atoms with van der Waals surface area (Å²) in [4.78, 5) is 0. The lowest BCUT2D eigenvalue weighted by Gasteiger charge is -2.09. The smallest absolute Gasteiger partial charge is 0.200 e. The highest BCUT2D eigenvalue weighted by Crippen LogP contribution is 2.37. The van der Waals surface area contributed by atoms with Crippen molar-refractivity contribution in [2.75, 3.05) is 5.32 Å². The van der Waals surface area contributed by atoms with E-state index in [9.17, 15) is 15.3 Å². The van der Waals surface area contributed by atoms with Gasteiger partial charge in [-0.1, -0.05) is 0 Å². The number of hydrogen-bond acceptors (Lipinski definition) is 5. The Morgan fingerprint density at radius 1 is 1.22 bits per heavy atom. The zero-order valence-electron chi connectivity index (χ0n) is 10.2. The van der Waals surface area contributed by atoms with Crippen LogP contribution in [0.5, 0.6) is 17.2 Å². The van der Waals surface area contributed by atoms with E-state index in [0.717, 1.165) is 11.4 Å². The highest BCUT2D eigenvalue weighted by molar-refractivity contribution is 5.55. The van der Waals surface area contributed by atoms with Crippen LogP contribution in [0.3, 0.4) is 0 Å². The number of aryl methyl sites for hydroxylation is 2. The van der Waals surface area contributed by atoms with E-state index in [1.165, 1.54) is 6.07 Å². The van der Waals surface area contributed by atoms with Crippen molar-refractivity contribution >= 4 is 5.69 Å². The summed E-state index contributed by atoms with van der Waals surface area (Å²) in [5.74, 6) is -1.16. The van der Waals surface area contributed by atoms with Crippen LogP contribution in [-0.4, -0.2) is 25.1 Å². The van der Waals surface area contributed by atoms with Gasteiger partial charge in [0.25, 0.3) is 0 Å². The SMILES string of the molecule is Cc1nn(C)cc1NCc1ccc(O)c(O)c1O. The first-order valence-corrected chi connectivity index (χ1v) is 5.46. The minimum atomic E-state index is -0.503. The molecule has 0 amide bonds. The number of nitrogens with zero attached hydrogens (tertiary/aromatic N) is 2. The molecule has 1 aromatic carbocycles. The fraction of sp³-hybridized carbons (Fsp3) is 0.250. The maximum atomic E-state index is 9.66. The molecule has 18 heavy (non-hydrogen) atoms. The molecule has 2 aromatic rings. The number of rotatable bonds is 3. The lowest BCUT2D eigenvalue weighted by Crippen LogP contribution is -2.00. The van der Waals surface area contributed by atoms with Gasteiger partial charge in [0.1, 0.15) is 0 Å². The van der Waals surface area contributed by atoms with E-state index in [2.05, 4.69) is 10.4 Å². The Bertz CT molecular complexity index is 578. The Kier molecular flexibility index (Phi) is 3.01. The van der Waals surface area contributed by atoms with Crippen LogP contribution in [0.2, 0.25) is 0 Å². The fourth-order valence-electron chi connectivity index (χ4n) is 1.72. The van der Waals surface area contributed by atoms with Gasteiger partial charge in [0, 0.05) is 25.4 Å². The maximum Gasteiger partial charge on any atom is 0.200 e. The zero-order valence-corrected chi connectivity index (χ0v) is 10.2. The minimum Gasteiger partial charge on any atom is -0.504 e. The first kappa shape index (κ1) is 12.1. The van der Waals surface area contributed by atoms with Gasteiger partial charge in [-0.25, -0.2) is 0 Å². The van der Waals surface area contributed by atoms with Gasteiger partial charge in [0.15, 0.2) is 11.5 Å². The summed E-state index contributed by atoms with van der Waals surface area (Å²) in [6, 6.07) is 2.88. The van der Waals surface area contributed by atoms with Crippen molar-refractivity contribution in [3.63, 3.8) is 0 Å². The maximum absolute atomic E-state index is 9.66. The van der Waals surface area contributed by atoms with E-state index in [1.807, 2.05) is 20.2 Å². The van der Waals surface area contributed by atoms with Gasteiger partial charge in [0.2, 0.25) is 5.75 Å². The third-order valence-electron chi connectivity index (χ3n) is 2.70. The van der Waals surface area contributed by atoms with Crippen molar-refractivity contribution in [3.8, 4) is 17.2 Å². The second kappa shape index (κ2) is 4.48. The molecule has 0 radical (unpaired) electrons. The van der Waals surface area contributed by atoms with Crippen molar-refractivity contribution in [3.05, 3.63) is 29.6 Å². The third-order valence-corrected chi connectivity index (χ3v) is 2.70. The Morgan fingerprint density at radius 2 is 1.94 bits per heavy atom. The van der Waals surface area contributed by atoms with Crippen molar-refractivity contribution in [2.24, 2.45) is 7.05 Å². The molecule has 1 aromatic heterocycles. The van der Waals surface area contributed by atoms with Gasteiger partial charge in [-0.05, 0) is 19.1 Å². The average molecular weight is 249 g/mol. The number of benzene rings is 1. The summed E-state index contributed by atoms with van der Waals surface area (Å²) in [7, 11) is 1.82. The molecule has 0 fully saturated rings. The molecule has 6 nitrogen and oxygen atoms in total. The van der Waals surface area contributed by atoms with E-state index < -0.39 is 5.75 Å². The van der Waals surface area contributed by atoms with Crippen LogP contribution >= 0.6 is 0 Å². The molecule has 96 valence electrons. The molecule has 0 atom stereocenters. The molecule has 0 aliphatic heterocycles. The number of hydrogen-bond donors (Lipinski definition) is 4. The van der Waals surface area contributed by atoms with Crippen molar-refractivity contribution in [1.29, 1.82) is 0 Å². The predicted molar refractivity (Wildman–Crippen MR) is 66.7 cm³/mol. The first-order chi connectivity index (χ1) is 8.49. The lowest BCUT2D eigenvalue weighted by atomic mass is 10.1. The molecule has 6 heteroatoms. The molecule has 0 saturated heterocycles. The van der Waals surface area contributed by atoms with Crippen LogP contribution in [0.4, 0.5) is 5.69 Å². The first-order valence-electron chi connectivity index (χ1n) is 5.46. The molecule has 0 unspecified atom stereocenters. The zero-order chi connectivity index (χ0) is 13.3. The Labute approximate surface area is 104 Å². The molecular formula is C12H15N3O3. The van der Waals surface area contributed by atoms with Gasteiger partial charge in [-0.3, -0.25) is 4.68 Å². The topological polar surface area (TPSA) is 90.5 Å². The largest absolute Gasteiger partial charge is 0.504 e. The summed E-state index contributed by atoms with van der Waals surface area (Å²) in [5, 5.41) is 35.6. The van der Waals surface area contributed by atoms with Crippen LogP contribution in [0.1, 0.15) is 11.3 Å². The van der Waals surface area contributed by atoms with Gasteiger partial charge in [0.05, 0.1) is 11.4 Å². The average Bonchev–Trinajstić information content (AvgIpc) is 2.64. The van der Waals surface area contributed by atoms with E-state index in [-0.39, 0.29) is 11.5 Å². The van der Waals surface area contributed by atoms with E-state index >= 15 is 0 Å². The third kappa shape index (κ3) is 2.17. The summed E-state index contributed by atoms with van der Waals surface area (Å²) < 4.78 is 1.69. The van der Waals surface area contributed by atoms with Crippen molar-refractivity contribution < 1.29 is 15.3 Å². The number of phenolic OH excluding ortho intramolecular Hbond substituents is 3. The van der Waals surface area contributed by atoms with Crippen LogP contribution in [0, 0.1) is 6.92 Å². The Hall–Kier alpha value is -2.37. The van der Waals surface area contributed by atoms with Crippen LogP contribution < -0.4 is 5.32 Å². The highest BCUT2D eigenvalue weighted by Gasteiger charge is 2.11. The minimum absolute atomic E-state index is 0.316.